The fourth-order valence-corrected chi connectivity index (χ4v) is 1.56. The predicted molar refractivity (Wildman–Crippen MR) is 68.3 cm³/mol. The van der Waals surface area contributed by atoms with E-state index >= 15 is 0 Å². The van der Waals surface area contributed by atoms with Gasteiger partial charge in [-0.2, -0.15) is 0 Å². The molecule has 0 saturated carbocycles. The maximum absolute atomic E-state index is 13.0. The first-order valence-corrected chi connectivity index (χ1v) is 5.82. The summed E-state index contributed by atoms with van der Waals surface area (Å²) in [6.45, 7) is 0.231. The van der Waals surface area contributed by atoms with Gasteiger partial charge in [0.25, 0.3) is 5.91 Å². The lowest BCUT2D eigenvalue weighted by Gasteiger charge is -2.06. The third-order valence-electron chi connectivity index (χ3n) is 2.64. The second-order valence-electron chi connectivity index (χ2n) is 4.02. The molecule has 104 valence electrons. The van der Waals surface area contributed by atoms with Crippen LogP contribution in [0.1, 0.15) is 15.9 Å². The molecule has 0 aliphatic rings. The number of hydrogen-bond acceptors (Lipinski definition) is 3. The number of rotatable bonds is 4. The Balaban J connectivity index is 1.98. The number of benzene rings is 1. The number of carbonyl (C=O) groups excluding carboxylic acids is 1. The molecule has 1 aromatic carbocycles. The Labute approximate surface area is 114 Å². The quantitative estimate of drug-likeness (QED) is 0.933. The van der Waals surface area contributed by atoms with Crippen LogP contribution in [0.3, 0.4) is 0 Å². The van der Waals surface area contributed by atoms with Crippen LogP contribution in [0.15, 0.2) is 36.5 Å². The van der Waals surface area contributed by atoms with Gasteiger partial charge in [-0.15, -0.1) is 0 Å². The molecule has 0 saturated heterocycles. The summed E-state index contributed by atoms with van der Waals surface area (Å²) in [5.41, 5.74) is 0.826. The van der Waals surface area contributed by atoms with Crippen LogP contribution in [-0.4, -0.2) is 18.0 Å². The fourth-order valence-electron chi connectivity index (χ4n) is 1.56. The van der Waals surface area contributed by atoms with E-state index in [9.17, 15) is 13.6 Å². The monoisotopic (exact) mass is 278 g/mol. The number of ether oxygens (including phenoxy) is 1. The van der Waals surface area contributed by atoms with E-state index < -0.39 is 17.5 Å². The Hall–Kier alpha value is -2.50. The number of pyridine rings is 1. The zero-order valence-corrected chi connectivity index (χ0v) is 10.7. The number of halogens is 2. The predicted octanol–water partition coefficient (Wildman–Crippen LogP) is 2.30. The summed E-state index contributed by atoms with van der Waals surface area (Å²) in [7, 11) is 1.51. The maximum Gasteiger partial charge on any atom is 0.251 e. The maximum atomic E-state index is 13.0. The first-order valence-electron chi connectivity index (χ1n) is 5.82. The number of carbonyl (C=O) groups is 1. The van der Waals surface area contributed by atoms with Crippen LogP contribution in [0.2, 0.25) is 0 Å². The minimum absolute atomic E-state index is 0.0605. The fraction of sp³-hybridized carbons (Fsp3) is 0.143. The van der Waals surface area contributed by atoms with Crippen molar-refractivity contribution in [3.8, 4) is 5.88 Å². The number of nitrogens with zero attached hydrogens (tertiary/aromatic N) is 1. The Bertz CT molecular complexity index is 615. The molecular weight excluding hydrogens is 266 g/mol. The zero-order chi connectivity index (χ0) is 14.5. The van der Waals surface area contributed by atoms with Crippen molar-refractivity contribution in [3.63, 3.8) is 0 Å². The van der Waals surface area contributed by atoms with Crippen LogP contribution in [0.25, 0.3) is 0 Å². The molecule has 0 bridgehead atoms. The number of methoxy groups -OCH3 is 1. The summed E-state index contributed by atoms with van der Waals surface area (Å²) < 4.78 is 30.7. The summed E-state index contributed by atoms with van der Waals surface area (Å²) in [4.78, 5) is 15.7. The zero-order valence-electron chi connectivity index (χ0n) is 10.7. The highest BCUT2D eigenvalue weighted by molar-refractivity contribution is 5.94. The minimum Gasteiger partial charge on any atom is -0.481 e. The van der Waals surface area contributed by atoms with Crippen LogP contribution in [-0.2, 0) is 6.54 Å². The van der Waals surface area contributed by atoms with E-state index in [1.165, 1.54) is 13.2 Å². The Morgan fingerprint density at radius 2 is 2.05 bits per heavy atom. The van der Waals surface area contributed by atoms with Crippen molar-refractivity contribution >= 4 is 5.91 Å². The third kappa shape index (κ3) is 3.28. The first-order chi connectivity index (χ1) is 9.60. The molecule has 0 aliphatic carbocycles. The van der Waals surface area contributed by atoms with Gasteiger partial charge in [0.1, 0.15) is 0 Å². The molecule has 4 nitrogen and oxygen atoms in total. The SMILES string of the molecule is COc1ccc(CNC(=O)c2ccc(F)c(F)c2)cn1. The highest BCUT2D eigenvalue weighted by Crippen LogP contribution is 2.09. The average Bonchev–Trinajstić information content (AvgIpc) is 2.48. The number of amides is 1. The topological polar surface area (TPSA) is 51.2 Å². The van der Waals surface area contributed by atoms with E-state index in [4.69, 9.17) is 4.74 Å². The molecule has 2 aromatic rings. The van der Waals surface area contributed by atoms with Crippen molar-refractivity contribution in [3.05, 3.63) is 59.3 Å². The van der Waals surface area contributed by atoms with Gasteiger partial charge in [0.05, 0.1) is 7.11 Å². The van der Waals surface area contributed by atoms with Crippen molar-refractivity contribution in [2.45, 2.75) is 6.54 Å². The molecule has 1 amide bonds. The smallest absolute Gasteiger partial charge is 0.251 e. The summed E-state index contributed by atoms with van der Waals surface area (Å²) in [5.74, 6) is -2.05. The highest BCUT2D eigenvalue weighted by atomic mass is 19.2. The van der Waals surface area contributed by atoms with Gasteiger partial charge in [0.2, 0.25) is 5.88 Å². The standard InChI is InChI=1S/C14H12F2N2O2/c1-20-13-5-2-9(7-17-13)8-18-14(19)10-3-4-11(15)12(16)6-10/h2-7H,8H2,1H3,(H,18,19). The Morgan fingerprint density at radius 3 is 2.65 bits per heavy atom. The number of aromatic nitrogens is 1. The van der Waals surface area contributed by atoms with Crippen LogP contribution in [0.5, 0.6) is 5.88 Å². The number of hydrogen-bond donors (Lipinski definition) is 1. The normalized spacial score (nSPS) is 10.2. The van der Waals surface area contributed by atoms with Gasteiger partial charge in [-0.05, 0) is 23.8 Å². The van der Waals surface area contributed by atoms with Gasteiger partial charge in [-0.3, -0.25) is 4.79 Å². The largest absolute Gasteiger partial charge is 0.481 e. The summed E-state index contributed by atoms with van der Waals surface area (Å²) >= 11 is 0. The molecule has 0 fully saturated rings. The third-order valence-corrected chi connectivity index (χ3v) is 2.64. The average molecular weight is 278 g/mol. The summed E-state index contributed by atoms with van der Waals surface area (Å²) in [5, 5.41) is 2.59. The molecule has 1 N–H and O–H groups in total. The second-order valence-corrected chi connectivity index (χ2v) is 4.02. The van der Waals surface area contributed by atoms with Crippen molar-refractivity contribution in [2.24, 2.45) is 0 Å². The summed E-state index contributed by atoms with van der Waals surface area (Å²) in [6, 6.07) is 6.41. The molecular formula is C14H12F2N2O2. The number of nitrogens with one attached hydrogen (secondary N) is 1. The Kier molecular flexibility index (Phi) is 4.24. The van der Waals surface area contributed by atoms with Crippen molar-refractivity contribution in [1.29, 1.82) is 0 Å². The molecule has 2 rings (SSSR count). The van der Waals surface area contributed by atoms with Crippen molar-refractivity contribution in [2.75, 3.05) is 7.11 Å². The second kappa shape index (κ2) is 6.10. The van der Waals surface area contributed by atoms with E-state index in [1.807, 2.05) is 0 Å². The molecule has 20 heavy (non-hydrogen) atoms. The molecule has 1 aromatic heterocycles. The van der Waals surface area contributed by atoms with E-state index in [0.29, 0.717) is 5.88 Å². The Morgan fingerprint density at radius 1 is 1.25 bits per heavy atom. The lowest BCUT2D eigenvalue weighted by molar-refractivity contribution is 0.0950. The minimum atomic E-state index is -1.05. The molecule has 0 spiro atoms. The van der Waals surface area contributed by atoms with Gasteiger partial charge < -0.3 is 10.1 Å². The molecule has 0 aliphatic heterocycles. The highest BCUT2D eigenvalue weighted by Gasteiger charge is 2.09. The molecule has 0 radical (unpaired) electrons. The molecule has 0 atom stereocenters. The van der Waals surface area contributed by atoms with Crippen molar-refractivity contribution in [1.82, 2.24) is 10.3 Å². The first kappa shape index (κ1) is 13.9. The lowest BCUT2D eigenvalue weighted by atomic mass is 10.2. The molecule has 6 heteroatoms. The molecule has 1 heterocycles. The van der Waals surface area contributed by atoms with Gasteiger partial charge in [0.15, 0.2) is 11.6 Å². The van der Waals surface area contributed by atoms with E-state index in [1.54, 1.807) is 18.3 Å². The van der Waals surface area contributed by atoms with E-state index in [0.717, 1.165) is 17.7 Å². The van der Waals surface area contributed by atoms with Crippen LogP contribution in [0, 0.1) is 11.6 Å². The lowest BCUT2D eigenvalue weighted by Crippen LogP contribution is -2.23. The van der Waals surface area contributed by atoms with Crippen molar-refractivity contribution < 1.29 is 18.3 Å². The van der Waals surface area contributed by atoms with E-state index in [-0.39, 0.29) is 12.1 Å². The van der Waals surface area contributed by atoms with Gasteiger partial charge in [-0.1, -0.05) is 6.07 Å². The van der Waals surface area contributed by atoms with Crippen LogP contribution >= 0.6 is 0 Å². The van der Waals surface area contributed by atoms with E-state index in [2.05, 4.69) is 10.3 Å². The van der Waals surface area contributed by atoms with Crippen LogP contribution < -0.4 is 10.1 Å². The van der Waals surface area contributed by atoms with Crippen LogP contribution in [0.4, 0.5) is 8.78 Å². The van der Waals surface area contributed by atoms with Gasteiger partial charge in [-0.25, -0.2) is 13.8 Å². The van der Waals surface area contributed by atoms with Gasteiger partial charge in [0, 0.05) is 24.4 Å². The molecule has 0 unspecified atom stereocenters. The summed E-state index contributed by atoms with van der Waals surface area (Å²) in [6.07, 6.45) is 1.56. The van der Waals surface area contributed by atoms with Gasteiger partial charge >= 0.3 is 0 Å².